The summed E-state index contributed by atoms with van der Waals surface area (Å²) in [6, 6.07) is 0. The van der Waals surface area contributed by atoms with Crippen LogP contribution in [0.4, 0.5) is 0 Å². The van der Waals surface area contributed by atoms with Gasteiger partial charge in [-0.2, -0.15) is 0 Å². The van der Waals surface area contributed by atoms with Crippen molar-refractivity contribution in [1.82, 2.24) is 0 Å². The summed E-state index contributed by atoms with van der Waals surface area (Å²) in [4.78, 5) is 11.5. The van der Waals surface area contributed by atoms with E-state index in [2.05, 4.69) is 0 Å². The number of allylic oxidation sites excluding steroid dienone is 2. The highest BCUT2D eigenvalue weighted by Crippen LogP contribution is 2.49. The molecular formula is C9H12O3. The lowest BCUT2D eigenvalue weighted by atomic mass is 9.68. The Morgan fingerprint density at radius 3 is 2.75 bits per heavy atom. The molecule has 2 rings (SSSR count). The quantitative estimate of drug-likeness (QED) is 0.451. The minimum absolute atomic E-state index is 0.0462. The SMILES string of the molecule is COC1(OC)C(=O)[C@H]2C=CC[C@H]21. The van der Waals surface area contributed by atoms with Gasteiger partial charge in [0.1, 0.15) is 0 Å². The smallest absolute Gasteiger partial charge is 0.233 e. The lowest BCUT2D eigenvalue weighted by Crippen LogP contribution is -2.63. The Morgan fingerprint density at radius 2 is 2.17 bits per heavy atom. The number of ketones is 1. The molecular weight excluding hydrogens is 156 g/mol. The fraction of sp³-hybridized carbons (Fsp3) is 0.667. The zero-order valence-electron chi connectivity index (χ0n) is 7.24. The van der Waals surface area contributed by atoms with Crippen LogP contribution >= 0.6 is 0 Å². The molecule has 0 saturated heterocycles. The molecule has 2 aliphatic carbocycles. The summed E-state index contributed by atoms with van der Waals surface area (Å²) >= 11 is 0. The predicted molar refractivity (Wildman–Crippen MR) is 42.5 cm³/mol. The summed E-state index contributed by atoms with van der Waals surface area (Å²) in [6.07, 6.45) is 4.86. The second kappa shape index (κ2) is 2.41. The molecule has 0 spiro atoms. The van der Waals surface area contributed by atoms with Crippen LogP contribution in [0.3, 0.4) is 0 Å². The molecule has 0 aromatic carbocycles. The van der Waals surface area contributed by atoms with E-state index in [1.165, 1.54) is 14.2 Å². The van der Waals surface area contributed by atoms with Crippen molar-refractivity contribution in [3.63, 3.8) is 0 Å². The van der Waals surface area contributed by atoms with E-state index < -0.39 is 5.79 Å². The van der Waals surface area contributed by atoms with Crippen LogP contribution in [0.1, 0.15) is 6.42 Å². The average Bonchev–Trinajstić information content (AvgIpc) is 2.52. The van der Waals surface area contributed by atoms with E-state index in [0.717, 1.165) is 6.42 Å². The molecule has 12 heavy (non-hydrogen) atoms. The fourth-order valence-corrected chi connectivity index (χ4v) is 2.22. The molecule has 2 atom stereocenters. The van der Waals surface area contributed by atoms with Crippen LogP contribution in [-0.4, -0.2) is 25.8 Å². The largest absolute Gasteiger partial charge is 0.347 e. The van der Waals surface area contributed by atoms with E-state index in [4.69, 9.17) is 9.47 Å². The molecule has 0 amide bonds. The van der Waals surface area contributed by atoms with Crippen molar-refractivity contribution in [2.75, 3.05) is 14.2 Å². The van der Waals surface area contributed by atoms with E-state index in [0.29, 0.717) is 0 Å². The Morgan fingerprint density at radius 1 is 1.50 bits per heavy atom. The second-order valence-corrected chi connectivity index (χ2v) is 3.24. The van der Waals surface area contributed by atoms with Crippen LogP contribution in [0.2, 0.25) is 0 Å². The van der Waals surface area contributed by atoms with Gasteiger partial charge in [0.2, 0.25) is 5.79 Å². The standard InChI is InChI=1S/C9H12O3/c1-11-9(12-2)7-5-3-4-6(7)8(9)10/h3-4,6-7H,5H2,1-2H3/t6-,7+/m0/s1. The van der Waals surface area contributed by atoms with Gasteiger partial charge in [0.05, 0.1) is 5.92 Å². The van der Waals surface area contributed by atoms with Crippen LogP contribution in [0.15, 0.2) is 12.2 Å². The minimum atomic E-state index is -0.936. The molecule has 3 heteroatoms. The van der Waals surface area contributed by atoms with E-state index >= 15 is 0 Å². The fourth-order valence-electron chi connectivity index (χ4n) is 2.22. The van der Waals surface area contributed by atoms with Crippen LogP contribution in [-0.2, 0) is 14.3 Å². The summed E-state index contributed by atoms with van der Waals surface area (Å²) in [5.41, 5.74) is 0. The number of carbonyl (C=O) groups is 1. The molecule has 66 valence electrons. The molecule has 0 aromatic heterocycles. The molecule has 0 radical (unpaired) electrons. The molecule has 0 N–H and O–H groups in total. The Balaban J connectivity index is 2.24. The number of carbonyl (C=O) groups excluding carboxylic acids is 1. The highest BCUT2D eigenvalue weighted by atomic mass is 16.7. The number of Topliss-reactive ketones (excluding diaryl/α,β-unsaturated/α-hetero) is 1. The molecule has 0 aliphatic heterocycles. The molecule has 1 saturated carbocycles. The van der Waals surface area contributed by atoms with Crippen LogP contribution in [0, 0.1) is 11.8 Å². The Labute approximate surface area is 71.3 Å². The van der Waals surface area contributed by atoms with E-state index in [1.807, 2.05) is 12.2 Å². The maximum absolute atomic E-state index is 11.5. The third-order valence-corrected chi connectivity index (χ3v) is 2.91. The van der Waals surface area contributed by atoms with Crippen LogP contribution in [0.5, 0.6) is 0 Å². The number of methoxy groups -OCH3 is 2. The predicted octanol–water partition coefficient (Wildman–Crippen LogP) is 0.750. The number of ether oxygens (including phenoxy) is 2. The highest BCUT2D eigenvalue weighted by Gasteiger charge is 2.63. The summed E-state index contributed by atoms with van der Waals surface area (Å²) in [6.45, 7) is 0. The molecule has 2 aliphatic rings. The normalized spacial score (nSPS) is 36.3. The second-order valence-electron chi connectivity index (χ2n) is 3.24. The van der Waals surface area contributed by atoms with Gasteiger partial charge in [-0.15, -0.1) is 0 Å². The molecule has 0 unspecified atom stereocenters. The monoisotopic (exact) mass is 168 g/mol. The first-order valence-electron chi connectivity index (χ1n) is 4.07. The van der Waals surface area contributed by atoms with Gasteiger partial charge in [-0.05, 0) is 6.42 Å². The van der Waals surface area contributed by atoms with Gasteiger partial charge >= 0.3 is 0 Å². The number of rotatable bonds is 2. The minimum Gasteiger partial charge on any atom is -0.347 e. The number of hydrogen-bond donors (Lipinski definition) is 0. The van der Waals surface area contributed by atoms with Crippen molar-refractivity contribution in [2.24, 2.45) is 11.8 Å². The van der Waals surface area contributed by atoms with Crippen molar-refractivity contribution in [3.05, 3.63) is 12.2 Å². The van der Waals surface area contributed by atoms with Crippen LogP contribution < -0.4 is 0 Å². The van der Waals surface area contributed by atoms with Gasteiger partial charge in [0.15, 0.2) is 5.78 Å². The van der Waals surface area contributed by atoms with Gasteiger partial charge in [0.25, 0.3) is 0 Å². The maximum atomic E-state index is 11.5. The summed E-state index contributed by atoms with van der Waals surface area (Å²) in [7, 11) is 3.05. The van der Waals surface area contributed by atoms with Crippen molar-refractivity contribution in [1.29, 1.82) is 0 Å². The topological polar surface area (TPSA) is 35.5 Å². The first kappa shape index (κ1) is 7.95. The van der Waals surface area contributed by atoms with Crippen LogP contribution in [0.25, 0.3) is 0 Å². The number of hydrogen-bond acceptors (Lipinski definition) is 3. The zero-order valence-corrected chi connectivity index (χ0v) is 7.24. The van der Waals surface area contributed by atoms with E-state index in [-0.39, 0.29) is 17.6 Å². The van der Waals surface area contributed by atoms with Gasteiger partial charge in [-0.1, -0.05) is 12.2 Å². The lowest BCUT2D eigenvalue weighted by Gasteiger charge is -2.47. The summed E-state index contributed by atoms with van der Waals surface area (Å²) in [5.74, 6) is -0.620. The third kappa shape index (κ3) is 0.660. The third-order valence-electron chi connectivity index (χ3n) is 2.91. The zero-order chi connectivity index (χ0) is 8.77. The Hall–Kier alpha value is -0.670. The molecule has 1 fully saturated rings. The summed E-state index contributed by atoms with van der Waals surface area (Å²) < 4.78 is 10.3. The van der Waals surface area contributed by atoms with Gasteiger partial charge < -0.3 is 9.47 Å². The number of fused-ring (bicyclic) bond motifs is 1. The van der Waals surface area contributed by atoms with Gasteiger partial charge in [-0.3, -0.25) is 4.79 Å². The maximum Gasteiger partial charge on any atom is 0.233 e. The highest BCUT2D eigenvalue weighted by molar-refractivity contribution is 5.97. The van der Waals surface area contributed by atoms with Crippen molar-refractivity contribution >= 4 is 5.78 Å². The van der Waals surface area contributed by atoms with Crippen molar-refractivity contribution in [3.8, 4) is 0 Å². The molecule has 0 bridgehead atoms. The molecule has 0 aromatic rings. The first-order valence-corrected chi connectivity index (χ1v) is 4.07. The van der Waals surface area contributed by atoms with E-state index in [9.17, 15) is 4.79 Å². The summed E-state index contributed by atoms with van der Waals surface area (Å²) in [5, 5.41) is 0. The molecule has 3 nitrogen and oxygen atoms in total. The molecule has 0 heterocycles. The Bertz CT molecular complexity index is 240. The first-order chi connectivity index (χ1) is 5.76. The van der Waals surface area contributed by atoms with E-state index in [1.54, 1.807) is 0 Å². The van der Waals surface area contributed by atoms with Crippen molar-refractivity contribution < 1.29 is 14.3 Å². The average molecular weight is 168 g/mol. The van der Waals surface area contributed by atoms with Gasteiger partial charge in [-0.25, -0.2) is 0 Å². The Kier molecular flexibility index (Phi) is 1.59. The van der Waals surface area contributed by atoms with Crippen molar-refractivity contribution in [2.45, 2.75) is 12.2 Å². The van der Waals surface area contributed by atoms with Gasteiger partial charge in [0, 0.05) is 20.1 Å². The lowest BCUT2D eigenvalue weighted by molar-refractivity contribution is -0.265.